The smallest absolute Gasteiger partial charge is 0.310 e. The van der Waals surface area contributed by atoms with Crippen molar-refractivity contribution in [1.29, 1.82) is 0 Å². The molecule has 2 aromatic rings. The van der Waals surface area contributed by atoms with Gasteiger partial charge in [-0.15, -0.1) is 0 Å². The molecule has 144 valence electrons. The molecule has 0 unspecified atom stereocenters. The molecule has 0 bridgehead atoms. The van der Waals surface area contributed by atoms with Gasteiger partial charge in [-0.3, -0.25) is 9.59 Å². The summed E-state index contributed by atoms with van der Waals surface area (Å²) in [6, 6.07) is 12.8. The summed E-state index contributed by atoms with van der Waals surface area (Å²) < 4.78 is 10.2. The minimum atomic E-state index is -0.527. The normalized spacial score (nSPS) is 10.2. The molecule has 2 rings (SSSR count). The lowest BCUT2D eigenvalue weighted by Gasteiger charge is -2.13. The lowest BCUT2D eigenvalue weighted by Crippen LogP contribution is -2.28. The number of halogens is 1. The van der Waals surface area contributed by atoms with Crippen molar-refractivity contribution in [2.24, 2.45) is 0 Å². The highest BCUT2D eigenvalue weighted by Crippen LogP contribution is 2.23. The highest BCUT2D eigenvalue weighted by atomic mass is 35.5. The minimum absolute atomic E-state index is 0.0248. The number of benzene rings is 2. The van der Waals surface area contributed by atoms with Crippen molar-refractivity contribution < 1.29 is 19.1 Å². The monoisotopic (exact) mass is 390 g/mol. The molecule has 6 nitrogen and oxygen atoms in total. The largest absolute Gasteiger partial charge is 0.496 e. The quantitative estimate of drug-likeness (QED) is 0.702. The predicted octanol–water partition coefficient (Wildman–Crippen LogP) is 2.82. The van der Waals surface area contributed by atoms with Crippen molar-refractivity contribution in [3.8, 4) is 5.75 Å². The van der Waals surface area contributed by atoms with Gasteiger partial charge >= 0.3 is 5.97 Å². The molecular formula is C20H23ClN2O4. The lowest BCUT2D eigenvalue weighted by atomic mass is 10.1. The van der Waals surface area contributed by atoms with Gasteiger partial charge in [-0.2, -0.15) is 0 Å². The molecule has 0 heterocycles. The van der Waals surface area contributed by atoms with Crippen molar-refractivity contribution in [3.05, 3.63) is 58.6 Å². The zero-order valence-electron chi connectivity index (χ0n) is 15.6. The Labute approximate surface area is 164 Å². The maximum absolute atomic E-state index is 12.0. The SMILES string of the molecule is COc1ccc(Cl)cc1CC(=O)OCC(=O)NCc1ccc(N(C)C)cc1. The summed E-state index contributed by atoms with van der Waals surface area (Å²) in [7, 11) is 5.44. The van der Waals surface area contributed by atoms with Gasteiger partial charge in [0.05, 0.1) is 13.5 Å². The molecule has 0 aliphatic rings. The average molecular weight is 391 g/mol. The molecule has 0 saturated carbocycles. The number of rotatable bonds is 8. The lowest BCUT2D eigenvalue weighted by molar-refractivity contribution is -0.147. The fourth-order valence-electron chi connectivity index (χ4n) is 2.40. The summed E-state index contributed by atoms with van der Waals surface area (Å²) in [5, 5.41) is 3.22. The van der Waals surface area contributed by atoms with Crippen LogP contribution in [-0.4, -0.2) is 39.7 Å². The standard InChI is InChI=1S/C20H23ClN2O4/c1-23(2)17-7-4-14(5-8-17)12-22-19(24)13-27-20(25)11-15-10-16(21)6-9-18(15)26-3/h4-10H,11-13H2,1-3H3,(H,22,24). The van der Waals surface area contributed by atoms with Gasteiger partial charge in [0.15, 0.2) is 6.61 Å². The van der Waals surface area contributed by atoms with E-state index >= 15 is 0 Å². The second-order valence-corrected chi connectivity index (χ2v) is 6.57. The van der Waals surface area contributed by atoms with Crippen LogP contribution in [0.3, 0.4) is 0 Å². The van der Waals surface area contributed by atoms with Gasteiger partial charge < -0.3 is 19.7 Å². The van der Waals surface area contributed by atoms with E-state index in [4.69, 9.17) is 21.1 Å². The van der Waals surface area contributed by atoms with E-state index < -0.39 is 5.97 Å². The molecule has 1 N–H and O–H groups in total. The van der Waals surface area contributed by atoms with Gasteiger partial charge in [0.2, 0.25) is 0 Å². The molecular weight excluding hydrogens is 368 g/mol. The molecule has 27 heavy (non-hydrogen) atoms. The first-order valence-corrected chi connectivity index (χ1v) is 8.78. The average Bonchev–Trinajstić information content (AvgIpc) is 2.65. The third-order valence-corrected chi connectivity index (χ3v) is 4.12. The molecule has 0 spiro atoms. The number of ether oxygens (including phenoxy) is 2. The van der Waals surface area contributed by atoms with E-state index in [-0.39, 0.29) is 18.9 Å². The maximum Gasteiger partial charge on any atom is 0.310 e. The molecule has 0 saturated heterocycles. The van der Waals surface area contributed by atoms with Gasteiger partial charge in [-0.25, -0.2) is 0 Å². The van der Waals surface area contributed by atoms with Crippen LogP contribution in [0.1, 0.15) is 11.1 Å². The molecule has 0 radical (unpaired) electrons. The van der Waals surface area contributed by atoms with E-state index in [0.29, 0.717) is 22.9 Å². The van der Waals surface area contributed by atoms with E-state index in [1.807, 2.05) is 43.3 Å². The van der Waals surface area contributed by atoms with E-state index in [2.05, 4.69) is 5.32 Å². The number of carbonyl (C=O) groups is 2. The molecule has 7 heteroatoms. The summed E-state index contributed by atoms with van der Waals surface area (Å²) >= 11 is 5.94. The Morgan fingerprint density at radius 3 is 2.44 bits per heavy atom. The van der Waals surface area contributed by atoms with Crippen LogP contribution in [0, 0.1) is 0 Å². The van der Waals surface area contributed by atoms with Gasteiger partial charge in [0.25, 0.3) is 5.91 Å². The van der Waals surface area contributed by atoms with Crippen molar-refractivity contribution in [3.63, 3.8) is 0 Å². The third kappa shape index (κ3) is 6.49. The Bertz CT molecular complexity index is 791. The zero-order valence-corrected chi connectivity index (χ0v) is 16.4. The summed E-state index contributed by atoms with van der Waals surface area (Å²) in [6.45, 7) is 0.0315. The summed E-state index contributed by atoms with van der Waals surface area (Å²) in [4.78, 5) is 25.8. The second-order valence-electron chi connectivity index (χ2n) is 6.13. The van der Waals surface area contributed by atoms with Crippen molar-refractivity contribution in [2.75, 3.05) is 32.7 Å². The summed E-state index contributed by atoms with van der Waals surface area (Å²) in [6.07, 6.45) is -0.0248. The van der Waals surface area contributed by atoms with Crippen LogP contribution >= 0.6 is 11.6 Å². The van der Waals surface area contributed by atoms with Crippen LogP contribution in [0.5, 0.6) is 5.75 Å². The summed E-state index contributed by atoms with van der Waals surface area (Å²) in [5.74, 6) is -0.346. The van der Waals surface area contributed by atoms with Crippen LogP contribution in [0.15, 0.2) is 42.5 Å². The van der Waals surface area contributed by atoms with Gasteiger partial charge in [0, 0.05) is 36.9 Å². The maximum atomic E-state index is 12.0. The number of anilines is 1. The molecule has 0 aromatic heterocycles. The number of nitrogens with one attached hydrogen (secondary N) is 1. The fourth-order valence-corrected chi connectivity index (χ4v) is 2.60. The number of hydrogen-bond donors (Lipinski definition) is 1. The van der Waals surface area contributed by atoms with E-state index in [1.165, 1.54) is 7.11 Å². The first kappa shape index (κ1) is 20.6. The highest BCUT2D eigenvalue weighted by molar-refractivity contribution is 6.30. The minimum Gasteiger partial charge on any atom is -0.496 e. The highest BCUT2D eigenvalue weighted by Gasteiger charge is 2.12. The first-order chi connectivity index (χ1) is 12.9. The van der Waals surface area contributed by atoms with E-state index in [0.717, 1.165) is 11.3 Å². The number of hydrogen-bond acceptors (Lipinski definition) is 5. The van der Waals surface area contributed by atoms with Crippen LogP contribution in [0.4, 0.5) is 5.69 Å². The molecule has 0 fully saturated rings. The van der Waals surface area contributed by atoms with E-state index in [1.54, 1.807) is 18.2 Å². The number of methoxy groups -OCH3 is 1. The molecule has 1 amide bonds. The molecule has 0 atom stereocenters. The second kappa shape index (κ2) is 9.83. The Balaban J connectivity index is 1.78. The summed E-state index contributed by atoms with van der Waals surface area (Å²) in [5.41, 5.74) is 2.65. The predicted molar refractivity (Wildman–Crippen MR) is 105 cm³/mol. The number of amides is 1. The van der Waals surface area contributed by atoms with Crippen LogP contribution < -0.4 is 15.0 Å². The third-order valence-electron chi connectivity index (χ3n) is 3.88. The zero-order chi connectivity index (χ0) is 19.8. The van der Waals surface area contributed by atoms with Crippen molar-refractivity contribution in [2.45, 2.75) is 13.0 Å². The number of esters is 1. The number of nitrogens with zero attached hydrogens (tertiary/aromatic N) is 1. The topological polar surface area (TPSA) is 67.9 Å². The van der Waals surface area contributed by atoms with Crippen LogP contribution in [0.25, 0.3) is 0 Å². The Kier molecular flexibility index (Phi) is 7.49. The molecule has 0 aliphatic carbocycles. The van der Waals surface area contributed by atoms with Gasteiger partial charge in [-0.05, 0) is 35.9 Å². The van der Waals surface area contributed by atoms with Gasteiger partial charge in [0.1, 0.15) is 5.75 Å². The van der Waals surface area contributed by atoms with Crippen LogP contribution in [0.2, 0.25) is 5.02 Å². The first-order valence-electron chi connectivity index (χ1n) is 8.40. The Hall–Kier alpha value is -2.73. The molecule has 2 aromatic carbocycles. The Morgan fingerprint density at radius 2 is 1.81 bits per heavy atom. The van der Waals surface area contributed by atoms with Gasteiger partial charge in [-0.1, -0.05) is 23.7 Å². The number of carbonyl (C=O) groups excluding carboxylic acids is 2. The fraction of sp³-hybridized carbons (Fsp3) is 0.300. The Morgan fingerprint density at radius 1 is 1.11 bits per heavy atom. The van der Waals surface area contributed by atoms with Crippen LogP contribution in [-0.2, 0) is 27.3 Å². The van der Waals surface area contributed by atoms with Crippen molar-refractivity contribution >= 4 is 29.2 Å². The van der Waals surface area contributed by atoms with Crippen molar-refractivity contribution in [1.82, 2.24) is 5.32 Å². The van der Waals surface area contributed by atoms with E-state index in [9.17, 15) is 9.59 Å². The molecule has 0 aliphatic heterocycles.